The molecule has 2 unspecified atom stereocenters. The second-order valence-corrected chi connectivity index (χ2v) is 7.96. The third-order valence-electron chi connectivity index (χ3n) is 6.57. The van der Waals surface area contributed by atoms with Crippen LogP contribution in [0.2, 0.25) is 0 Å². The van der Waals surface area contributed by atoms with Crippen molar-refractivity contribution in [2.75, 3.05) is 32.8 Å². The highest BCUT2D eigenvalue weighted by Crippen LogP contribution is 2.60. The lowest BCUT2D eigenvalue weighted by molar-refractivity contribution is -0.134. The lowest BCUT2D eigenvalue weighted by atomic mass is 9.91. The fourth-order valence-corrected chi connectivity index (χ4v) is 5.02. The average Bonchev–Trinajstić information content (AvgIpc) is 3.13. The van der Waals surface area contributed by atoms with Crippen LogP contribution in [0.15, 0.2) is 18.2 Å². The van der Waals surface area contributed by atoms with Gasteiger partial charge in [-0.05, 0) is 68.3 Å². The zero-order valence-electron chi connectivity index (χ0n) is 14.6. The van der Waals surface area contributed by atoms with Crippen molar-refractivity contribution in [1.29, 1.82) is 0 Å². The average molecular weight is 342 g/mol. The van der Waals surface area contributed by atoms with Crippen LogP contribution in [0.3, 0.4) is 0 Å². The van der Waals surface area contributed by atoms with Crippen molar-refractivity contribution in [2.24, 2.45) is 11.3 Å². The SMILES string of the molecule is O=C(C1CC12CCNCC2)N1CCCC1c1ccc2c(c1)OCCO2. The Hall–Kier alpha value is -1.75. The summed E-state index contributed by atoms with van der Waals surface area (Å²) in [6, 6.07) is 6.38. The summed E-state index contributed by atoms with van der Waals surface area (Å²) >= 11 is 0. The first-order valence-corrected chi connectivity index (χ1v) is 9.68. The first kappa shape index (κ1) is 15.5. The minimum absolute atomic E-state index is 0.197. The van der Waals surface area contributed by atoms with Gasteiger partial charge in [0.25, 0.3) is 0 Å². The molecule has 1 amide bonds. The van der Waals surface area contributed by atoms with Crippen molar-refractivity contribution in [3.8, 4) is 11.5 Å². The number of benzene rings is 1. The Morgan fingerprint density at radius 2 is 1.96 bits per heavy atom. The van der Waals surface area contributed by atoms with E-state index in [-0.39, 0.29) is 12.0 Å². The number of ether oxygens (including phenoxy) is 2. The highest BCUT2D eigenvalue weighted by Gasteiger charge is 2.59. The molecule has 134 valence electrons. The van der Waals surface area contributed by atoms with Crippen LogP contribution in [0.4, 0.5) is 0 Å². The molecule has 1 N–H and O–H groups in total. The lowest BCUT2D eigenvalue weighted by Gasteiger charge is -2.29. The van der Waals surface area contributed by atoms with Gasteiger partial charge in [-0.25, -0.2) is 0 Å². The van der Waals surface area contributed by atoms with Gasteiger partial charge in [0.2, 0.25) is 5.91 Å². The van der Waals surface area contributed by atoms with Crippen molar-refractivity contribution in [3.05, 3.63) is 23.8 Å². The van der Waals surface area contributed by atoms with Gasteiger partial charge in [-0.1, -0.05) is 6.07 Å². The molecule has 5 nitrogen and oxygen atoms in total. The van der Waals surface area contributed by atoms with Crippen LogP contribution in [-0.2, 0) is 4.79 Å². The molecule has 5 heteroatoms. The van der Waals surface area contributed by atoms with Gasteiger partial charge in [0.05, 0.1) is 6.04 Å². The predicted molar refractivity (Wildman–Crippen MR) is 93.8 cm³/mol. The largest absolute Gasteiger partial charge is 0.486 e. The zero-order chi connectivity index (χ0) is 16.9. The molecule has 2 saturated heterocycles. The zero-order valence-corrected chi connectivity index (χ0v) is 14.6. The maximum Gasteiger partial charge on any atom is 0.226 e. The molecule has 1 spiro atoms. The Labute approximate surface area is 148 Å². The second-order valence-electron chi connectivity index (χ2n) is 7.96. The van der Waals surface area contributed by atoms with Gasteiger partial charge in [-0.2, -0.15) is 0 Å². The maximum absolute atomic E-state index is 13.2. The van der Waals surface area contributed by atoms with Crippen molar-refractivity contribution in [3.63, 3.8) is 0 Å². The first-order chi connectivity index (χ1) is 12.3. The molecule has 0 radical (unpaired) electrons. The van der Waals surface area contributed by atoms with Gasteiger partial charge >= 0.3 is 0 Å². The molecule has 25 heavy (non-hydrogen) atoms. The van der Waals surface area contributed by atoms with Crippen molar-refractivity contribution in [2.45, 2.75) is 38.1 Å². The maximum atomic E-state index is 13.2. The summed E-state index contributed by atoms with van der Waals surface area (Å²) in [5.41, 5.74) is 1.50. The molecule has 5 rings (SSSR count). The molecule has 1 saturated carbocycles. The van der Waals surface area contributed by atoms with Gasteiger partial charge in [0.15, 0.2) is 11.5 Å². The van der Waals surface area contributed by atoms with Gasteiger partial charge in [-0.3, -0.25) is 4.79 Å². The molecule has 0 aromatic heterocycles. The minimum atomic E-state index is 0.197. The fourth-order valence-electron chi connectivity index (χ4n) is 5.02. The number of carbonyl (C=O) groups is 1. The number of likely N-dealkylation sites (tertiary alicyclic amines) is 1. The second kappa shape index (κ2) is 5.90. The molecule has 4 aliphatic rings. The third kappa shape index (κ3) is 2.60. The Balaban J connectivity index is 1.35. The lowest BCUT2D eigenvalue weighted by Crippen LogP contribution is -2.36. The normalized spacial score (nSPS) is 29.7. The Kier molecular flexibility index (Phi) is 3.66. The van der Waals surface area contributed by atoms with Crippen LogP contribution in [0.25, 0.3) is 0 Å². The van der Waals surface area contributed by atoms with Crippen LogP contribution in [0, 0.1) is 11.3 Å². The molecule has 1 aromatic carbocycles. The summed E-state index contributed by atoms with van der Waals surface area (Å²) in [6.45, 7) is 4.23. The molecule has 3 fully saturated rings. The number of nitrogens with one attached hydrogen (secondary N) is 1. The van der Waals surface area contributed by atoms with Crippen LogP contribution < -0.4 is 14.8 Å². The molecule has 3 heterocycles. The molecule has 1 aromatic rings. The summed E-state index contributed by atoms with van der Waals surface area (Å²) in [4.78, 5) is 15.3. The summed E-state index contributed by atoms with van der Waals surface area (Å²) in [5, 5.41) is 3.42. The predicted octanol–water partition coefficient (Wildman–Crippen LogP) is 2.51. The fraction of sp³-hybridized carbons (Fsp3) is 0.650. The van der Waals surface area contributed by atoms with Crippen molar-refractivity contribution >= 4 is 5.91 Å². The van der Waals surface area contributed by atoms with Gasteiger partial charge < -0.3 is 19.7 Å². The molecule has 1 aliphatic carbocycles. The monoisotopic (exact) mass is 342 g/mol. The molecular weight excluding hydrogens is 316 g/mol. The quantitative estimate of drug-likeness (QED) is 0.897. The smallest absolute Gasteiger partial charge is 0.226 e. The summed E-state index contributed by atoms with van der Waals surface area (Å²) in [7, 11) is 0. The summed E-state index contributed by atoms with van der Waals surface area (Å²) < 4.78 is 11.4. The number of amides is 1. The van der Waals surface area contributed by atoms with Crippen molar-refractivity contribution < 1.29 is 14.3 Å². The Morgan fingerprint density at radius 3 is 2.80 bits per heavy atom. The van der Waals surface area contributed by atoms with Crippen LogP contribution in [0.1, 0.15) is 43.7 Å². The number of piperidine rings is 1. The number of nitrogens with zero attached hydrogens (tertiary/aromatic N) is 1. The van der Waals surface area contributed by atoms with Gasteiger partial charge in [0.1, 0.15) is 13.2 Å². The summed E-state index contributed by atoms with van der Waals surface area (Å²) in [5.74, 6) is 2.29. The van der Waals surface area contributed by atoms with E-state index in [9.17, 15) is 4.79 Å². The molecular formula is C20H26N2O3. The molecule has 3 aliphatic heterocycles. The van der Waals surface area contributed by atoms with E-state index < -0.39 is 0 Å². The van der Waals surface area contributed by atoms with E-state index in [0.29, 0.717) is 24.5 Å². The third-order valence-corrected chi connectivity index (χ3v) is 6.57. The number of rotatable bonds is 2. The van der Waals surface area contributed by atoms with Crippen molar-refractivity contribution in [1.82, 2.24) is 10.2 Å². The number of fused-ring (bicyclic) bond motifs is 1. The van der Waals surface area contributed by atoms with Gasteiger partial charge in [-0.15, -0.1) is 0 Å². The standard InChI is InChI=1S/C20H26N2O3/c23-19(15-13-20(15)5-7-21-8-6-20)22-9-1-2-16(22)14-3-4-17-18(12-14)25-11-10-24-17/h3-4,12,15-16,21H,1-2,5-11,13H2. The Bertz CT molecular complexity index is 684. The van der Waals surface area contributed by atoms with E-state index >= 15 is 0 Å². The van der Waals surface area contributed by atoms with Crippen LogP contribution >= 0.6 is 0 Å². The highest BCUT2D eigenvalue weighted by molar-refractivity contribution is 5.83. The van der Waals surface area contributed by atoms with E-state index in [0.717, 1.165) is 63.2 Å². The van der Waals surface area contributed by atoms with E-state index in [4.69, 9.17) is 9.47 Å². The van der Waals surface area contributed by atoms with Crippen LogP contribution in [0.5, 0.6) is 11.5 Å². The van der Waals surface area contributed by atoms with Gasteiger partial charge in [0, 0.05) is 12.5 Å². The van der Waals surface area contributed by atoms with E-state index in [1.807, 2.05) is 6.07 Å². The highest BCUT2D eigenvalue weighted by atomic mass is 16.6. The number of hydrogen-bond donors (Lipinski definition) is 1. The van der Waals surface area contributed by atoms with E-state index in [1.54, 1.807) is 0 Å². The van der Waals surface area contributed by atoms with E-state index in [1.165, 1.54) is 5.56 Å². The first-order valence-electron chi connectivity index (χ1n) is 9.68. The Morgan fingerprint density at radius 1 is 1.16 bits per heavy atom. The molecule has 2 atom stereocenters. The number of hydrogen-bond acceptors (Lipinski definition) is 4. The van der Waals surface area contributed by atoms with Crippen LogP contribution in [-0.4, -0.2) is 43.7 Å². The topological polar surface area (TPSA) is 50.8 Å². The molecule has 0 bridgehead atoms. The summed E-state index contributed by atoms with van der Waals surface area (Å²) in [6.07, 6.45) is 5.55. The minimum Gasteiger partial charge on any atom is -0.486 e. The number of carbonyl (C=O) groups excluding carboxylic acids is 1. The van der Waals surface area contributed by atoms with E-state index in [2.05, 4.69) is 22.3 Å².